The SMILES string of the molecule is CN1C(=O)C(=O)Cc2ccc(S(=O)(=O)NC3(C)CC3)cc21. The van der Waals surface area contributed by atoms with Gasteiger partial charge in [-0.05, 0) is 37.5 Å². The number of hydrogen-bond donors (Lipinski definition) is 1. The van der Waals surface area contributed by atoms with E-state index in [2.05, 4.69) is 4.72 Å². The van der Waals surface area contributed by atoms with Crippen LogP contribution in [0.25, 0.3) is 0 Å². The zero-order chi connectivity index (χ0) is 15.4. The van der Waals surface area contributed by atoms with Gasteiger partial charge in [0.15, 0.2) is 0 Å². The number of hydrogen-bond acceptors (Lipinski definition) is 4. The fourth-order valence-electron chi connectivity index (χ4n) is 2.39. The maximum atomic E-state index is 12.3. The van der Waals surface area contributed by atoms with E-state index in [1.807, 2.05) is 6.92 Å². The van der Waals surface area contributed by atoms with Crippen molar-refractivity contribution in [2.75, 3.05) is 11.9 Å². The first-order valence-electron chi connectivity index (χ1n) is 6.70. The highest BCUT2D eigenvalue weighted by Crippen LogP contribution is 2.36. The lowest BCUT2D eigenvalue weighted by Gasteiger charge is -2.25. The molecule has 0 radical (unpaired) electrons. The number of carbonyl (C=O) groups excluding carboxylic acids is 2. The number of sulfonamides is 1. The highest BCUT2D eigenvalue weighted by atomic mass is 32.2. The molecular weight excluding hydrogens is 292 g/mol. The molecule has 1 fully saturated rings. The molecule has 7 heteroatoms. The molecule has 1 heterocycles. The second kappa shape index (κ2) is 4.38. The van der Waals surface area contributed by atoms with Crippen LogP contribution < -0.4 is 9.62 Å². The topological polar surface area (TPSA) is 83.6 Å². The third-order valence-corrected chi connectivity index (χ3v) is 5.64. The zero-order valence-corrected chi connectivity index (χ0v) is 12.7. The first kappa shape index (κ1) is 14.2. The van der Waals surface area contributed by atoms with Crippen LogP contribution in [0.2, 0.25) is 0 Å². The number of ketones is 1. The number of likely N-dealkylation sites (N-methyl/N-ethyl adjacent to an activating group) is 1. The van der Waals surface area contributed by atoms with Crippen molar-refractivity contribution in [3.05, 3.63) is 23.8 Å². The molecule has 1 aliphatic heterocycles. The van der Waals surface area contributed by atoms with Gasteiger partial charge in [-0.25, -0.2) is 13.1 Å². The molecule has 0 bridgehead atoms. The van der Waals surface area contributed by atoms with Crippen LogP contribution in [0.1, 0.15) is 25.3 Å². The number of nitrogens with zero attached hydrogens (tertiary/aromatic N) is 1. The summed E-state index contributed by atoms with van der Waals surface area (Å²) in [7, 11) is -2.14. The van der Waals surface area contributed by atoms with Crippen molar-refractivity contribution in [2.24, 2.45) is 0 Å². The van der Waals surface area contributed by atoms with E-state index >= 15 is 0 Å². The first-order valence-corrected chi connectivity index (χ1v) is 8.18. The van der Waals surface area contributed by atoms with Crippen molar-refractivity contribution in [3.63, 3.8) is 0 Å². The van der Waals surface area contributed by atoms with Crippen molar-refractivity contribution >= 4 is 27.4 Å². The maximum absolute atomic E-state index is 12.3. The van der Waals surface area contributed by atoms with Crippen LogP contribution in [0.3, 0.4) is 0 Å². The maximum Gasteiger partial charge on any atom is 0.294 e. The normalized spacial score (nSPS) is 20.4. The Morgan fingerprint density at radius 2 is 1.90 bits per heavy atom. The minimum atomic E-state index is -3.62. The highest BCUT2D eigenvalue weighted by Gasteiger charge is 2.41. The summed E-state index contributed by atoms with van der Waals surface area (Å²) in [5.41, 5.74) is 0.786. The Morgan fingerprint density at radius 3 is 2.52 bits per heavy atom. The summed E-state index contributed by atoms with van der Waals surface area (Å²) in [5.74, 6) is -1.09. The summed E-state index contributed by atoms with van der Waals surface area (Å²) < 4.78 is 27.4. The summed E-state index contributed by atoms with van der Waals surface area (Å²) in [6.07, 6.45) is 1.66. The first-order chi connectivity index (χ1) is 9.72. The average molecular weight is 308 g/mol. The smallest absolute Gasteiger partial charge is 0.294 e. The van der Waals surface area contributed by atoms with Gasteiger partial charge in [0, 0.05) is 24.7 Å². The number of carbonyl (C=O) groups is 2. The molecule has 0 unspecified atom stereocenters. The Hall–Kier alpha value is -1.73. The van der Waals surface area contributed by atoms with Gasteiger partial charge in [-0.1, -0.05) is 6.07 Å². The third-order valence-electron chi connectivity index (χ3n) is 4.00. The van der Waals surface area contributed by atoms with Gasteiger partial charge in [-0.3, -0.25) is 9.59 Å². The molecule has 112 valence electrons. The second-order valence-electron chi connectivity index (χ2n) is 5.92. The number of fused-ring (bicyclic) bond motifs is 1. The molecule has 0 spiro atoms. The lowest BCUT2D eigenvalue weighted by Crippen LogP contribution is -2.39. The fourth-order valence-corrected chi connectivity index (χ4v) is 3.88. The van der Waals surface area contributed by atoms with E-state index in [9.17, 15) is 18.0 Å². The number of rotatable bonds is 3. The predicted molar refractivity (Wildman–Crippen MR) is 76.5 cm³/mol. The number of benzene rings is 1. The van der Waals surface area contributed by atoms with Crippen LogP contribution in [0.15, 0.2) is 23.1 Å². The third kappa shape index (κ3) is 2.47. The van der Waals surface area contributed by atoms with Crippen molar-refractivity contribution in [1.82, 2.24) is 4.72 Å². The van der Waals surface area contributed by atoms with E-state index in [-0.39, 0.29) is 16.9 Å². The van der Waals surface area contributed by atoms with Gasteiger partial charge in [0.2, 0.25) is 15.8 Å². The number of nitrogens with one attached hydrogen (secondary N) is 1. The summed E-state index contributed by atoms with van der Waals surface area (Å²) in [4.78, 5) is 24.5. The molecule has 1 N–H and O–H groups in total. The lowest BCUT2D eigenvalue weighted by molar-refractivity contribution is -0.136. The Balaban J connectivity index is 2.00. The molecule has 0 aromatic heterocycles. The minimum absolute atomic E-state index is 0.0178. The molecule has 3 rings (SSSR count). The molecule has 1 amide bonds. The quantitative estimate of drug-likeness (QED) is 0.829. The summed E-state index contributed by atoms with van der Waals surface area (Å²) in [6.45, 7) is 1.86. The van der Waals surface area contributed by atoms with Gasteiger partial charge < -0.3 is 4.90 Å². The molecule has 2 aliphatic rings. The van der Waals surface area contributed by atoms with Crippen LogP contribution in [-0.2, 0) is 26.0 Å². The van der Waals surface area contributed by atoms with Gasteiger partial charge >= 0.3 is 0 Å². The van der Waals surface area contributed by atoms with E-state index in [1.165, 1.54) is 24.1 Å². The van der Waals surface area contributed by atoms with Gasteiger partial charge in [-0.15, -0.1) is 0 Å². The highest BCUT2D eigenvalue weighted by molar-refractivity contribution is 7.89. The van der Waals surface area contributed by atoms with E-state index < -0.39 is 21.7 Å². The van der Waals surface area contributed by atoms with E-state index in [4.69, 9.17) is 0 Å². The molecule has 0 atom stereocenters. The van der Waals surface area contributed by atoms with Crippen molar-refractivity contribution in [3.8, 4) is 0 Å². The molecular formula is C14H16N2O4S. The minimum Gasteiger partial charge on any atom is -0.309 e. The van der Waals surface area contributed by atoms with Gasteiger partial charge in [-0.2, -0.15) is 0 Å². The van der Waals surface area contributed by atoms with Crippen molar-refractivity contribution in [2.45, 2.75) is 36.6 Å². The van der Waals surface area contributed by atoms with Crippen LogP contribution >= 0.6 is 0 Å². The molecule has 0 saturated heterocycles. The Bertz CT molecular complexity index is 750. The Morgan fingerprint density at radius 1 is 1.24 bits per heavy atom. The predicted octanol–water partition coefficient (Wildman–Crippen LogP) is 0.605. The van der Waals surface area contributed by atoms with Crippen molar-refractivity contribution in [1.29, 1.82) is 0 Å². The van der Waals surface area contributed by atoms with Crippen LogP contribution in [0.5, 0.6) is 0 Å². The summed E-state index contributed by atoms with van der Waals surface area (Å²) in [6, 6.07) is 4.53. The van der Waals surface area contributed by atoms with Gasteiger partial charge in [0.05, 0.1) is 4.90 Å². The van der Waals surface area contributed by atoms with Gasteiger partial charge in [0.1, 0.15) is 0 Å². The molecule has 6 nitrogen and oxygen atoms in total. The fraction of sp³-hybridized carbons (Fsp3) is 0.429. The Kier molecular flexibility index (Phi) is 2.97. The van der Waals surface area contributed by atoms with Crippen LogP contribution in [0, 0.1) is 0 Å². The standard InChI is InChI=1S/C14H16N2O4S/c1-14(5-6-14)15-21(19,20)10-4-3-9-7-12(17)13(18)16(2)11(9)8-10/h3-4,8,15H,5-7H2,1-2H3. The zero-order valence-electron chi connectivity index (χ0n) is 11.8. The number of anilines is 1. The number of Topliss-reactive ketones (excluding diaryl/α,β-unsaturated/α-hetero) is 1. The average Bonchev–Trinajstić information content (AvgIpc) is 3.12. The Labute approximate surface area is 123 Å². The largest absolute Gasteiger partial charge is 0.309 e. The molecule has 1 aromatic carbocycles. The lowest BCUT2D eigenvalue weighted by atomic mass is 10.0. The summed E-state index contributed by atoms with van der Waals surface area (Å²) >= 11 is 0. The van der Waals surface area contributed by atoms with Crippen LogP contribution in [0.4, 0.5) is 5.69 Å². The molecule has 1 saturated carbocycles. The molecule has 1 aromatic rings. The van der Waals surface area contributed by atoms with E-state index in [0.717, 1.165) is 12.8 Å². The molecule has 1 aliphatic carbocycles. The summed E-state index contributed by atoms with van der Waals surface area (Å²) in [5, 5.41) is 0. The van der Waals surface area contributed by atoms with Crippen LogP contribution in [-0.4, -0.2) is 32.7 Å². The van der Waals surface area contributed by atoms with Crippen molar-refractivity contribution < 1.29 is 18.0 Å². The molecule has 21 heavy (non-hydrogen) atoms. The second-order valence-corrected chi connectivity index (χ2v) is 7.60. The van der Waals surface area contributed by atoms with Gasteiger partial charge in [0.25, 0.3) is 5.91 Å². The van der Waals surface area contributed by atoms with E-state index in [0.29, 0.717) is 11.3 Å². The van der Waals surface area contributed by atoms with E-state index in [1.54, 1.807) is 6.07 Å². The monoisotopic (exact) mass is 308 g/mol. The number of amides is 1.